The molecule has 1 aromatic heterocycles. The van der Waals surface area contributed by atoms with Gasteiger partial charge in [0.2, 0.25) is 5.91 Å². The van der Waals surface area contributed by atoms with Crippen molar-refractivity contribution < 1.29 is 22.8 Å². The van der Waals surface area contributed by atoms with Gasteiger partial charge in [0.05, 0.1) is 5.56 Å². The first-order valence-electron chi connectivity index (χ1n) is 13.5. The van der Waals surface area contributed by atoms with Gasteiger partial charge in [-0.05, 0) is 69.2 Å². The van der Waals surface area contributed by atoms with Gasteiger partial charge in [-0.3, -0.25) is 9.69 Å². The summed E-state index contributed by atoms with van der Waals surface area (Å²) >= 11 is 0. The lowest BCUT2D eigenvalue weighted by Crippen LogP contribution is -2.53. The Morgan fingerprint density at radius 1 is 0.974 bits per heavy atom. The fourth-order valence-electron chi connectivity index (χ4n) is 6.25. The summed E-state index contributed by atoms with van der Waals surface area (Å²) < 4.78 is 41.9. The van der Waals surface area contributed by atoms with Crippen molar-refractivity contribution in [1.29, 1.82) is 0 Å². The molecule has 3 fully saturated rings. The van der Waals surface area contributed by atoms with Gasteiger partial charge >= 0.3 is 12.2 Å². The lowest BCUT2D eigenvalue weighted by molar-refractivity contribution is -0.137. The molecule has 11 heteroatoms. The molecule has 0 aliphatic carbocycles. The minimum atomic E-state index is -4.37. The Balaban J connectivity index is 1.29. The van der Waals surface area contributed by atoms with Crippen molar-refractivity contribution in [3.63, 3.8) is 0 Å². The zero-order chi connectivity index (χ0) is 26.9. The number of anilines is 2. The van der Waals surface area contributed by atoms with Crippen LogP contribution in [0.15, 0.2) is 30.5 Å². The summed E-state index contributed by atoms with van der Waals surface area (Å²) in [6, 6.07) is 5.59. The number of halogens is 3. The van der Waals surface area contributed by atoms with Gasteiger partial charge in [0.25, 0.3) is 0 Å². The van der Waals surface area contributed by atoms with E-state index in [1.54, 1.807) is 23.2 Å². The molecule has 1 spiro atoms. The molecule has 2 amide bonds. The molecule has 8 nitrogen and oxygen atoms in total. The zero-order valence-electron chi connectivity index (χ0n) is 21.8. The van der Waals surface area contributed by atoms with Crippen LogP contribution in [0.4, 0.5) is 29.5 Å². The molecule has 206 valence electrons. The summed E-state index contributed by atoms with van der Waals surface area (Å²) in [6.45, 7) is 5.62. The standard InChI is InChI=1S/C27H35F3N6O2/c1-20(37)31-24-8-15-36(32-24)25(38)34-16-10-26(11-17-34)9-5-14-35(26)19-21-6-7-22(27(28,29)30)18-23(21)33-12-3-2-4-13-33/h6-8,15,18H,2-5,9-14,16-17,19H2,1H3,(H,31,32,37). The Bertz CT molecular complexity index is 1170. The quantitative estimate of drug-likeness (QED) is 0.603. The van der Waals surface area contributed by atoms with Crippen molar-refractivity contribution in [2.24, 2.45) is 0 Å². The lowest BCUT2D eigenvalue weighted by atomic mass is 9.84. The van der Waals surface area contributed by atoms with E-state index in [0.717, 1.165) is 70.1 Å². The largest absolute Gasteiger partial charge is 0.416 e. The molecule has 3 saturated heterocycles. The number of likely N-dealkylation sites (tertiary alicyclic amines) is 2. The smallest absolute Gasteiger partial charge is 0.371 e. The monoisotopic (exact) mass is 532 g/mol. The summed E-state index contributed by atoms with van der Waals surface area (Å²) in [4.78, 5) is 30.6. The summed E-state index contributed by atoms with van der Waals surface area (Å²) in [6.07, 6.45) is 3.95. The predicted octanol–water partition coefficient (Wildman–Crippen LogP) is 4.95. The van der Waals surface area contributed by atoms with E-state index in [1.165, 1.54) is 23.7 Å². The second-order valence-electron chi connectivity index (χ2n) is 10.7. The van der Waals surface area contributed by atoms with E-state index in [9.17, 15) is 22.8 Å². The third-order valence-electron chi connectivity index (χ3n) is 8.27. The maximum absolute atomic E-state index is 13.6. The van der Waals surface area contributed by atoms with Gasteiger partial charge in [-0.25, -0.2) is 4.79 Å². The highest BCUT2D eigenvalue weighted by Crippen LogP contribution is 2.41. The van der Waals surface area contributed by atoms with Gasteiger partial charge in [0.15, 0.2) is 5.82 Å². The van der Waals surface area contributed by atoms with Crippen LogP contribution in [0.25, 0.3) is 0 Å². The first kappa shape index (κ1) is 26.5. The fourth-order valence-corrected chi connectivity index (χ4v) is 6.25. The Morgan fingerprint density at radius 3 is 2.39 bits per heavy atom. The highest BCUT2D eigenvalue weighted by molar-refractivity contribution is 5.88. The van der Waals surface area contributed by atoms with Crippen LogP contribution < -0.4 is 10.2 Å². The van der Waals surface area contributed by atoms with Gasteiger partial charge in [0, 0.05) is 63.1 Å². The maximum atomic E-state index is 13.6. The van der Waals surface area contributed by atoms with E-state index >= 15 is 0 Å². The number of benzene rings is 1. The molecule has 38 heavy (non-hydrogen) atoms. The number of carbonyl (C=O) groups excluding carboxylic acids is 2. The Hall–Kier alpha value is -3.08. The topological polar surface area (TPSA) is 73.7 Å². The highest BCUT2D eigenvalue weighted by Gasteiger charge is 2.44. The summed E-state index contributed by atoms with van der Waals surface area (Å²) in [5, 5.41) is 6.74. The van der Waals surface area contributed by atoms with Crippen LogP contribution in [-0.2, 0) is 17.5 Å². The maximum Gasteiger partial charge on any atom is 0.416 e. The minimum Gasteiger partial charge on any atom is -0.371 e. The Morgan fingerprint density at radius 2 is 1.71 bits per heavy atom. The second-order valence-corrected chi connectivity index (χ2v) is 10.7. The van der Waals surface area contributed by atoms with E-state index in [0.29, 0.717) is 31.1 Å². The number of piperidine rings is 2. The molecular formula is C27H35F3N6O2. The number of nitrogens with one attached hydrogen (secondary N) is 1. The molecule has 1 N–H and O–H groups in total. The van der Waals surface area contributed by atoms with Crippen molar-refractivity contribution >= 4 is 23.4 Å². The van der Waals surface area contributed by atoms with E-state index in [1.807, 2.05) is 0 Å². The molecule has 4 heterocycles. The fraction of sp³-hybridized carbons (Fsp3) is 0.593. The van der Waals surface area contributed by atoms with Crippen molar-refractivity contribution in [1.82, 2.24) is 19.6 Å². The first-order chi connectivity index (χ1) is 18.1. The lowest BCUT2D eigenvalue weighted by Gasteiger charge is -2.45. The minimum absolute atomic E-state index is 0.0654. The van der Waals surface area contributed by atoms with E-state index in [2.05, 4.69) is 20.2 Å². The first-order valence-corrected chi connectivity index (χ1v) is 13.5. The average molecular weight is 533 g/mol. The molecular weight excluding hydrogens is 497 g/mol. The van der Waals surface area contributed by atoms with Gasteiger partial charge in [-0.15, -0.1) is 5.10 Å². The number of carbonyl (C=O) groups is 2. The molecule has 0 unspecified atom stereocenters. The van der Waals surface area contributed by atoms with Gasteiger partial charge in [-0.1, -0.05) is 6.07 Å². The predicted molar refractivity (Wildman–Crippen MR) is 138 cm³/mol. The van der Waals surface area contributed by atoms with Crippen molar-refractivity contribution in [2.75, 3.05) is 42.9 Å². The molecule has 0 bridgehead atoms. The van der Waals surface area contributed by atoms with Crippen molar-refractivity contribution in [3.05, 3.63) is 41.6 Å². The SMILES string of the molecule is CC(=O)Nc1ccn(C(=O)N2CCC3(CCCN3Cc3ccc(C(F)(F)F)cc3N3CCCCC3)CC2)n1. The third-order valence-corrected chi connectivity index (χ3v) is 8.27. The van der Waals surface area contributed by atoms with Gasteiger partial charge < -0.3 is 15.1 Å². The number of aromatic nitrogens is 2. The van der Waals surface area contributed by atoms with Crippen LogP contribution in [0.5, 0.6) is 0 Å². The Kier molecular flexibility index (Phi) is 7.39. The van der Waals surface area contributed by atoms with Crippen LogP contribution in [0.3, 0.4) is 0 Å². The molecule has 3 aliphatic rings. The number of rotatable bonds is 4. The molecule has 0 radical (unpaired) electrons. The summed E-state index contributed by atoms with van der Waals surface area (Å²) in [7, 11) is 0. The Labute approximate surface area is 220 Å². The van der Waals surface area contributed by atoms with Crippen LogP contribution in [0.1, 0.15) is 63.0 Å². The van der Waals surface area contributed by atoms with E-state index in [-0.39, 0.29) is 17.5 Å². The zero-order valence-corrected chi connectivity index (χ0v) is 21.8. The second kappa shape index (κ2) is 10.6. The third kappa shape index (κ3) is 5.52. The number of nitrogens with zero attached hydrogens (tertiary/aromatic N) is 5. The molecule has 5 rings (SSSR count). The average Bonchev–Trinajstić information content (AvgIpc) is 3.51. The van der Waals surface area contributed by atoms with Crippen LogP contribution in [0, 0.1) is 0 Å². The highest BCUT2D eigenvalue weighted by atomic mass is 19.4. The molecule has 2 aromatic rings. The number of hydrogen-bond donors (Lipinski definition) is 1. The number of amides is 2. The van der Waals surface area contributed by atoms with Crippen LogP contribution in [-0.4, -0.2) is 69.8 Å². The molecule has 3 aliphatic heterocycles. The van der Waals surface area contributed by atoms with Crippen molar-refractivity contribution in [2.45, 2.75) is 70.1 Å². The summed E-state index contributed by atoms with van der Waals surface area (Å²) in [5.41, 5.74) is 0.999. The molecule has 0 saturated carbocycles. The molecule has 1 aromatic carbocycles. The van der Waals surface area contributed by atoms with Gasteiger partial charge in [-0.2, -0.15) is 17.9 Å². The van der Waals surface area contributed by atoms with Crippen LogP contribution in [0.2, 0.25) is 0 Å². The number of hydrogen-bond acceptors (Lipinski definition) is 5. The molecule has 0 atom stereocenters. The van der Waals surface area contributed by atoms with Gasteiger partial charge in [0.1, 0.15) is 0 Å². The number of alkyl halides is 3. The van der Waals surface area contributed by atoms with E-state index < -0.39 is 11.7 Å². The van der Waals surface area contributed by atoms with Crippen molar-refractivity contribution in [3.8, 4) is 0 Å². The normalized spacial score (nSPS) is 20.2. The van der Waals surface area contributed by atoms with E-state index in [4.69, 9.17) is 0 Å². The van der Waals surface area contributed by atoms with Crippen LogP contribution >= 0.6 is 0 Å². The summed E-state index contributed by atoms with van der Waals surface area (Å²) in [5.74, 6) is 0.0859.